The van der Waals surface area contributed by atoms with Crippen LogP contribution in [-0.2, 0) is 14.0 Å². The average molecular weight is 564 g/mol. The molecule has 2 fully saturated rings. The highest BCUT2D eigenvalue weighted by atomic mass is 16.7. The molecule has 0 bridgehead atoms. The highest BCUT2D eigenvalue weighted by molar-refractivity contribution is 6.62. The second-order valence-electron chi connectivity index (χ2n) is 11.2. The molecule has 3 aromatic carbocycles. The maximum absolute atomic E-state index is 12.8. The topological polar surface area (TPSA) is 66.5 Å². The Morgan fingerprint density at radius 3 is 1.85 bits per heavy atom. The zero-order chi connectivity index (χ0) is 30.2. The zero-order valence-electron chi connectivity index (χ0n) is 26.2. The Balaban J connectivity index is 0.000000868. The lowest BCUT2D eigenvalue weighted by Gasteiger charge is -2.32. The predicted molar refractivity (Wildman–Crippen MR) is 167 cm³/mol. The third kappa shape index (κ3) is 7.82. The zero-order valence-corrected chi connectivity index (χ0v) is 26.2. The molecule has 5 rings (SSSR count). The molecule has 3 aromatic rings. The van der Waals surface area contributed by atoms with Crippen LogP contribution in [0.25, 0.3) is 10.8 Å². The molecule has 2 heterocycles. The molecule has 222 valence electrons. The van der Waals surface area contributed by atoms with E-state index in [2.05, 4.69) is 56.7 Å². The molecule has 2 aliphatic rings. The van der Waals surface area contributed by atoms with Crippen molar-refractivity contribution >= 4 is 29.4 Å². The first-order valence-corrected chi connectivity index (χ1v) is 14.5. The smallest absolute Gasteiger partial charge is 0.494 e. The van der Waals surface area contributed by atoms with Gasteiger partial charge in [0, 0.05) is 27.3 Å². The number of carbonyl (C=O) groups excluding carboxylic acids is 1. The predicted octanol–water partition coefficient (Wildman–Crippen LogP) is 6.81. The first-order valence-electron chi connectivity index (χ1n) is 14.5. The van der Waals surface area contributed by atoms with Crippen molar-refractivity contribution in [2.24, 2.45) is 0 Å². The van der Waals surface area contributed by atoms with Crippen LogP contribution in [0, 0.1) is 0 Å². The van der Waals surface area contributed by atoms with Gasteiger partial charge >= 0.3 is 13.2 Å². The molecule has 41 heavy (non-hydrogen) atoms. The van der Waals surface area contributed by atoms with E-state index in [1.165, 1.54) is 5.56 Å². The monoisotopic (exact) mass is 563 g/mol. The molecule has 8 heteroatoms. The number of benzene rings is 3. The van der Waals surface area contributed by atoms with E-state index in [0.29, 0.717) is 24.8 Å². The molecule has 0 spiro atoms. The van der Waals surface area contributed by atoms with Crippen LogP contribution in [0.3, 0.4) is 0 Å². The van der Waals surface area contributed by atoms with Crippen molar-refractivity contribution in [1.29, 1.82) is 0 Å². The third-order valence-corrected chi connectivity index (χ3v) is 7.91. The number of ether oxygens (including phenoxy) is 3. The Kier molecular flexibility index (Phi) is 11.2. The van der Waals surface area contributed by atoms with Gasteiger partial charge in [0.2, 0.25) is 0 Å². The van der Waals surface area contributed by atoms with Gasteiger partial charge in [-0.1, -0.05) is 50.2 Å². The summed E-state index contributed by atoms with van der Waals surface area (Å²) in [4.78, 5) is 14.6. The number of nitrogens with zero attached hydrogens (tertiary/aromatic N) is 1. The lowest BCUT2D eigenvalue weighted by molar-refractivity contribution is 0.00578. The van der Waals surface area contributed by atoms with Crippen LogP contribution in [0.2, 0.25) is 0 Å². The first-order chi connectivity index (χ1) is 19.6. The van der Waals surface area contributed by atoms with Gasteiger partial charge in [0.05, 0.1) is 18.3 Å². The molecule has 1 amide bonds. The van der Waals surface area contributed by atoms with Crippen LogP contribution in [0.15, 0.2) is 60.7 Å². The SMILES string of the molecule is CC.COC.COc1ccc2ccc(OC(=O)N3CCC(c4ccc(B5OC(C)(C)C(C)(C)O5)cc4)CC3)cc2c1. The number of amides is 1. The van der Waals surface area contributed by atoms with Crippen molar-refractivity contribution in [2.45, 2.75) is 71.5 Å². The van der Waals surface area contributed by atoms with Gasteiger partial charge in [-0.15, -0.1) is 0 Å². The minimum Gasteiger partial charge on any atom is -0.497 e. The first kappa shape index (κ1) is 32.4. The summed E-state index contributed by atoms with van der Waals surface area (Å²) in [7, 11) is 4.54. The van der Waals surface area contributed by atoms with E-state index in [0.717, 1.165) is 34.8 Å². The van der Waals surface area contributed by atoms with Crippen LogP contribution in [0.4, 0.5) is 4.79 Å². The number of rotatable bonds is 4. The Morgan fingerprint density at radius 1 is 0.805 bits per heavy atom. The Labute approximate surface area is 246 Å². The van der Waals surface area contributed by atoms with Crippen LogP contribution >= 0.6 is 0 Å². The Hall–Kier alpha value is -3.07. The maximum Gasteiger partial charge on any atom is 0.494 e. The number of hydrogen-bond donors (Lipinski definition) is 0. The fraction of sp³-hybridized carbons (Fsp3) is 0.485. The van der Waals surface area contributed by atoms with Crippen LogP contribution in [-0.4, -0.2) is 63.7 Å². The highest BCUT2D eigenvalue weighted by Crippen LogP contribution is 2.37. The summed E-state index contributed by atoms with van der Waals surface area (Å²) in [5, 5.41) is 2.04. The van der Waals surface area contributed by atoms with Gasteiger partial charge in [-0.05, 0) is 92.5 Å². The van der Waals surface area contributed by atoms with Gasteiger partial charge in [-0.2, -0.15) is 0 Å². The van der Waals surface area contributed by atoms with E-state index >= 15 is 0 Å². The number of hydrogen-bond acceptors (Lipinski definition) is 6. The van der Waals surface area contributed by atoms with Gasteiger partial charge in [0.15, 0.2) is 0 Å². The summed E-state index contributed by atoms with van der Waals surface area (Å²) in [6, 6.07) is 20.1. The van der Waals surface area contributed by atoms with Crippen molar-refractivity contribution in [3.05, 3.63) is 66.2 Å². The minimum atomic E-state index is -0.350. The van der Waals surface area contributed by atoms with Crippen molar-refractivity contribution in [3.8, 4) is 11.5 Å². The number of methoxy groups -OCH3 is 2. The third-order valence-electron chi connectivity index (χ3n) is 7.91. The van der Waals surface area contributed by atoms with Crippen molar-refractivity contribution < 1.29 is 28.3 Å². The second-order valence-corrected chi connectivity index (χ2v) is 11.2. The molecule has 0 unspecified atom stereocenters. The standard InChI is InChI=1S/C29H34BNO5.C2H6O.C2H6/c1-28(2)29(3,4)36-30(35-28)24-10-6-20(7-11-24)22-14-16-31(17-15-22)27(32)34-26-13-9-21-8-12-25(33-5)18-23(21)19-26;1-3-2;1-2/h6-13,18-19,22H,14-17H2,1-5H3;1-2H3;1-2H3. The molecule has 7 nitrogen and oxygen atoms in total. The normalized spacial score (nSPS) is 17.7. The molecular weight excluding hydrogens is 517 g/mol. The van der Waals surface area contributed by atoms with E-state index in [4.69, 9.17) is 18.8 Å². The largest absolute Gasteiger partial charge is 0.497 e. The lowest BCUT2D eigenvalue weighted by Crippen LogP contribution is -2.41. The molecule has 0 saturated carbocycles. The van der Waals surface area contributed by atoms with Crippen molar-refractivity contribution in [2.75, 3.05) is 34.4 Å². The molecule has 0 N–H and O–H groups in total. The van der Waals surface area contributed by atoms with Crippen LogP contribution < -0.4 is 14.9 Å². The highest BCUT2D eigenvalue weighted by Gasteiger charge is 2.51. The number of likely N-dealkylation sites (tertiary alicyclic amines) is 1. The number of piperidine rings is 1. The maximum atomic E-state index is 12.8. The van der Waals surface area contributed by atoms with E-state index in [1.807, 2.05) is 50.2 Å². The summed E-state index contributed by atoms with van der Waals surface area (Å²) in [6.45, 7) is 13.6. The van der Waals surface area contributed by atoms with E-state index < -0.39 is 0 Å². The fourth-order valence-corrected chi connectivity index (χ4v) is 4.86. The molecule has 0 radical (unpaired) electrons. The molecular formula is C33H46BNO6. The van der Waals surface area contributed by atoms with Crippen molar-refractivity contribution in [1.82, 2.24) is 4.90 Å². The quantitative estimate of drug-likeness (QED) is 0.325. The number of carbonyl (C=O) groups is 1. The Bertz CT molecular complexity index is 1250. The fourth-order valence-electron chi connectivity index (χ4n) is 4.86. The molecule has 0 aliphatic carbocycles. The van der Waals surface area contributed by atoms with Gasteiger partial charge in [0.25, 0.3) is 0 Å². The van der Waals surface area contributed by atoms with Gasteiger partial charge < -0.3 is 28.4 Å². The van der Waals surface area contributed by atoms with Gasteiger partial charge in [0.1, 0.15) is 11.5 Å². The molecule has 0 atom stereocenters. The summed E-state index contributed by atoms with van der Waals surface area (Å²) in [5.74, 6) is 1.73. The molecule has 0 aromatic heterocycles. The summed E-state index contributed by atoms with van der Waals surface area (Å²) >= 11 is 0. The van der Waals surface area contributed by atoms with Crippen molar-refractivity contribution in [3.63, 3.8) is 0 Å². The summed E-state index contributed by atoms with van der Waals surface area (Å²) < 4.78 is 27.6. The Morgan fingerprint density at radius 2 is 1.32 bits per heavy atom. The van der Waals surface area contributed by atoms with Crippen LogP contribution in [0.1, 0.15) is 65.9 Å². The second kappa shape index (κ2) is 14.2. The summed E-state index contributed by atoms with van der Waals surface area (Å²) in [5.41, 5.74) is 1.62. The number of fused-ring (bicyclic) bond motifs is 1. The van der Waals surface area contributed by atoms with Crippen LogP contribution in [0.5, 0.6) is 11.5 Å². The van der Waals surface area contributed by atoms with E-state index in [1.54, 1.807) is 26.2 Å². The summed E-state index contributed by atoms with van der Waals surface area (Å²) in [6.07, 6.45) is 1.51. The molecule has 2 saturated heterocycles. The van der Waals surface area contributed by atoms with Gasteiger partial charge in [-0.3, -0.25) is 0 Å². The minimum absolute atomic E-state index is 0.299. The molecule has 2 aliphatic heterocycles. The lowest BCUT2D eigenvalue weighted by atomic mass is 9.77. The average Bonchev–Trinajstić information content (AvgIpc) is 3.20. The van der Waals surface area contributed by atoms with Gasteiger partial charge in [-0.25, -0.2) is 4.79 Å². The van der Waals surface area contributed by atoms with E-state index in [9.17, 15) is 4.79 Å². The van der Waals surface area contributed by atoms with E-state index in [-0.39, 0.29) is 24.4 Å².